The molecule has 0 aromatic heterocycles. The lowest BCUT2D eigenvalue weighted by molar-refractivity contribution is -0.140. The zero-order chi connectivity index (χ0) is 25.0. The third-order valence-corrected chi connectivity index (χ3v) is 6.32. The summed E-state index contributed by atoms with van der Waals surface area (Å²) in [6.45, 7) is 8.77. The fourth-order valence-corrected chi connectivity index (χ4v) is 4.91. The zero-order valence-electron chi connectivity index (χ0n) is 20.9. The van der Waals surface area contributed by atoms with Crippen molar-refractivity contribution >= 4 is 11.8 Å². The minimum atomic E-state index is -0.555. The number of hydrogen-bond acceptors (Lipinski definition) is 6. The van der Waals surface area contributed by atoms with Gasteiger partial charge < -0.3 is 19.5 Å². The molecule has 0 amide bonds. The van der Waals surface area contributed by atoms with Gasteiger partial charge in [0.2, 0.25) is 0 Å². The van der Waals surface area contributed by atoms with Crippen molar-refractivity contribution in [1.29, 1.82) is 0 Å². The lowest BCUT2D eigenvalue weighted by Crippen LogP contribution is -2.39. The molecule has 2 aromatic rings. The van der Waals surface area contributed by atoms with E-state index in [0.717, 1.165) is 17.7 Å². The van der Waals surface area contributed by atoms with E-state index < -0.39 is 11.9 Å². The average molecular weight is 476 g/mol. The highest BCUT2D eigenvalue weighted by molar-refractivity contribution is 6.04. The van der Waals surface area contributed by atoms with Crippen LogP contribution < -0.4 is 14.8 Å². The van der Waals surface area contributed by atoms with E-state index in [1.165, 1.54) is 0 Å². The number of ketones is 1. The van der Waals surface area contributed by atoms with Gasteiger partial charge in [-0.05, 0) is 43.9 Å². The van der Waals surface area contributed by atoms with Gasteiger partial charge in [-0.2, -0.15) is 0 Å². The number of nitrogens with one attached hydrogen (secondary N) is 1. The molecule has 6 heteroatoms. The number of rotatable bonds is 8. The summed E-state index contributed by atoms with van der Waals surface area (Å²) in [5.41, 5.74) is 3.28. The Bertz CT molecular complexity index is 1160. The van der Waals surface area contributed by atoms with Gasteiger partial charge in [-0.25, -0.2) is 4.79 Å². The number of Topliss-reactive ketones (excluding diaryl/α,β-unsaturated/α-hetero) is 1. The first kappa shape index (κ1) is 24.6. The summed E-state index contributed by atoms with van der Waals surface area (Å²) in [6, 6.07) is 17.0. The highest BCUT2D eigenvalue weighted by Gasteiger charge is 2.44. The van der Waals surface area contributed by atoms with E-state index in [0.29, 0.717) is 41.4 Å². The van der Waals surface area contributed by atoms with Crippen molar-refractivity contribution in [3.05, 3.63) is 82.7 Å². The van der Waals surface area contributed by atoms with Gasteiger partial charge >= 0.3 is 5.97 Å². The summed E-state index contributed by atoms with van der Waals surface area (Å²) in [6.07, 6.45) is 1.15. The highest BCUT2D eigenvalue weighted by Crippen LogP contribution is 2.48. The van der Waals surface area contributed by atoms with E-state index in [9.17, 15) is 9.59 Å². The van der Waals surface area contributed by atoms with E-state index in [1.807, 2.05) is 68.4 Å². The number of benzene rings is 2. The molecule has 1 heterocycles. The topological polar surface area (TPSA) is 73.9 Å². The summed E-state index contributed by atoms with van der Waals surface area (Å²) < 4.78 is 17.2. The molecule has 1 atom stereocenters. The second-order valence-corrected chi connectivity index (χ2v) is 9.70. The van der Waals surface area contributed by atoms with Crippen LogP contribution in [0.15, 0.2) is 77.1 Å². The Morgan fingerprint density at radius 1 is 1.00 bits per heavy atom. The van der Waals surface area contributed by atoms with Crippen molar-refractivity contribution in [1.82, 2.24) is 5.32 Å². The van der Waals surface area contributed by atoms with E-state index in [4.69, 9.17) is 14.2 Å². The molecular weight excluding hydrogens is 442 g/mol. The van der Waals surface area contributed by atoms with E-state index >= 15 is 0 Å². The maximum atomic E-state index is 13.5. The molecule has 2 aliphatic rings. The molecule has 0 bridgehead atoms. The first-order valence-corrected chi connectivity index (χ1v) is 12.1. The van der Waals surface area contributed by atoms with Crippen molar-refractivity contribution in [2.24, 2.45) is 5.41 Å². The predicted molar refractivity (Wildman–Crippen MR) is 134 cm³/mol. The van der Waals surface area contributed by atoms with Gasteiger partial charge in [0.25, 0.3) is 0 Å². The molecule has 2 aromatic carbocycles. The monoisotopic (exact) mass is 475 g/mol. The maximum absolute atomic E-state index is 13.5. The standard InChI is InChI=1S/C29H33NO5/c1-5-33-24-14-10-9-13-21(24)26-25(28(32)35-16-15-34-20-11-7-6-8-12-20)19(2)30-22-17-29(3,4)18-23(31)27(22)26/h6-14,26,30H,5,15-18H2,1-4H3. The smallest absolute Gasteiger partial charge is 0.336 e. The molecule has 1 aliphatic heterocycles. The number of dihydropyridines is 1. The third-order valence-electron chi connectivity index (χ3n) is 6.32. The van der Waals surface area contributed by atoms with Crippen LogP contribution in [0.1, 0.15) is 52.0 Å². The first-order chi connectivity index (χ1) is 16.8. The molecule has 35 heavy (non-hydrogen) atoms. The maximum Gasteiger partial charge on any atom is 0.336 e. The second kappa shape index (κ2) is 10.4. The minimum absolute atomic E-state index is 0.0465. The van der Waals surface area contributed by atoms with Gasteiger partial charge in [-0.15, -0.1) is 0 Å². The molecule has 1 unspecified atom stereocenters. The summed E-state index contributed by atoms with van der Waals surface area (Å²) in [7, 11) is 0. The van der Waals surface area contributed by atoms with Crippen LogP contribution in [-0.4, -0.2) is 31.6 Å². The van der Waals surface area contributed by atoms with Crippen molar-refractivity contribution in [2.45, 2.75) is 46.5 Å². The molecule has 184 valence electrons. The van der Waals surface area contributed by atoms with Crippen LogP contribution in [-0.2, 0) is 14.3 Å². The number of esters is 1. The van der Waals surface area contributed by atoms with Crippen molar-refractivity contribution in [3.63, 3.8) is 0 Å². The zero-order valence-corrected chi connectivity index (χ0v) is 20.9. The molecule has 1 N–H and O–H groups in total. The van der Waals surface area contributed by atoms with E-state index in [1.54, 1.807) is 0 Å². The fourth-order valence-electron chi connectivity index (χ4n) is 4.91. The third kappa shape index (κ3) is 5.42. The number of hydrogen-bond donors (Lipinski definition) is 1. The molecule has 0 saturated heterocycles. The summed E-state index contributed by atoms with van der Waals surface area (Å²) in [5, 5.41) is 3.37. The summed E-state index contributed by atoms with van der Waals surface area (Å²) in [5.74, 6) is 0.404. The quantitative estimate of drug-likeness (QED) is 0.412. The predicted octanol–water partition coefficient (Wildman–Crippen LogP) is 5.31. The van der Waals surface area contributed by atoms with Gasteiger partial charge in [0, 0.05) is 29.0 Å². The SMILES string of the molecule is CCOc1ccccc1C1C(C(=O)OCCOc2ccccc2)=C(C)NC2=C1C(=O)CC(C)(C)C2. The van der Waals surface area contributed by atoms with Crippen LogP contribution in [0.4, 0.5) is 0 Å². The fraction of sp³-hybridized carbons (Fsp3) is 0.379. The number of allylic oxidation sites excluding steroid dienone is 3. The molecule has 0 spiro atoms. The van der Waals surface area contributed by atoms with Crippen LogP contribution in [0, 0.1) is 5.41 Å². The van der Waals surface area contributed by atoms with E-state index in [-0.39, 0.29) is 24.4 Å². The van der Waals surface area contributed by atoms with Crippen LogP contribution >= 0.6 is 0 Å². The normalized spacial score (nSPS) is 19.1. The van der Waals surface area contributed by atoms with Gasteiger partial charge in [0.05, 0.1) is 18.1 Å². The molecule has 6 nitrogen and oxygen atoms in total. The molecule has 0 saturated carbocycles. The molecular formula is C29H33NO5. The van der Waals surface area contributed by atoms with Crippen LogP contribution in [0.2, 0.25) is 0 Å². The Balaban J connectivity index is 1.64. The highest BCUT2D eigenvalue weighted by atomic mass is 16.6. The Kier molecular flexibility index (Phi) is 7.29. The van der Waals surface area contributed by atoms with Gasteiger partial charge in [-0.3, -0.25) is 4.79 Å². The number of carbonyl (C=O) groups excluding carboxylic acids is 2. The van der Waals surface area contributed by atoms with Gasteiger partial charge in [0.15, 0.2) is 5.78 Å². The van der Waals surface area contributed by atoms with E-state index in [2.05, 4.69) is 19.2 Å². The largest absolute Gasteiger partial charge is 0.494 e. The molecule has 1 aliphatic carbocycles. The lowest BCUT2D eigenvalue weighted by Gasteiger charge is -2.39. The lowest BCUT2D eigenvalue weighted by atomic mass is 9.68. The Hall–Kier alpha value is -3.54. The molecule has 0 fully saturated rings. The number of para-hydroxylation sites is 2. The van der Waals surface area contributed by atoms with Crippen molar-refractivity contribution in [3.8, 4) is 11.5 Å². The van der Waals surface area contributed by atoms with Gasteiger partial charge in [-0.1, -0.05) is 50.2 Å². The second-order valence-electron chi connectivity index (χ2n) is 9.70. The number of carbonyl (C=O) groups is 2. The van der Waals surface area contributed by atoms with Crippen LogP contribution in [0.3, 0.4) is 0 Å². The summed E-state index contributed by atoms with van der Waals surface area (Å²) in [4.78, 5) is 26.9. The van der Waals surface area contributed by atoms with Gasteiger partial charge in [0.1, 0.15) is 24.7 Å². The van der Waals surface area contributed by atoms with Crippen molar-refractivity contribution in [2.75, 3.05) is 19.8 Å². The molecule has 0 radical (unpaired) electrons. The Labute approximate surface area is 207 Å². The van der Waals surface area contributed by atoms with Crippen molar-refractivity contribution < 1.29 is 23.8 Å². The average Bonchev–Trinajstić information content (AvgIpc) is 2.81. The Morgan fingerprint density at radius 3 is 2.46 bits per heavy atom. The molecule has 4 rings (SSSR count). The number of ether oxygens (including phenoxy) is 3. The Morgan fingerprint density at radius 2 is 1.71 bits per heavy atom. The first-order valence-electron chi connectivity index (χ1n) is 12.1. The minimum Gasteiger partial charge on any atom is -0.494 e. The van der Waals surface area contributed by atoms with Crippen LogP contribution in [0.25, 0.3) is 0 Å². The van der Waals surface area contributed by atoms with Crippen LogP contribution in [0.5, 0.6) is 11.5 Å². The summed E-state index contributed by atoms with van der Waals surface area (Å²) >= 11 is 0.